The summed E-state index contributed by atoms with van der Waals surface area (Å²) in [5, 5.41) is 9.36. The fraction of sp³-hybridized carbons (Fsp3) is 0.526. The molecule has 0 unspecified atom stereocenters. The summed E-state index contributed by atoms with van der Waals surface area (Å²) in [6, 6.07) is 3.74. The Morgan fingerprint density at radius 3 is 2.71 bits per heavy atom. The summed E-state index contributed by atoms with van der Waals surface area (Å²) in [6.07, 6.45) is -2.96. The monoisotopic (exact) mass is 459 g/mol. The Balaban J connectivity index is 1.52. The van der Waals surface area contributed by atoms with Crippen LogP contribution in [0.5, 0.6) is 5.75 Å². The molecule has 0 aliphatic carbocycles. The highest BCUT2D eigenvalue weighted by molar-refractivity contribution is 7.22. The summed E-state index contributed by atoms with van der Waals surface area (Å²) in [4.78, 5) is 30.1. The first-order valence-electron chi connectivity index (χ1n) is 9.69. The molecular formula is C19H24F3N5O3S. The van der Waals surface area contributed by atoms with Crippen molar-refractivity contribution in [1.82, 2.24) is 20.5 Å². The zero-order chi connectivity index (χ0) is 22.6. The van der Waals surface area contributed by atoms with E-state index in [1.807, 2.05) is 0 Å². The molecule has 1 aliphatic rings. The van der Waals surface area contributed by atoms with Crippen LogP contribution in [0.4, 0.5) is 18.3 Å². The van der Waals surface area contributed by atoms with E-state index >= 15 is 0 Å². The second kappa shape index (κ2) is 9.37. The number of benzene rings is 1. The van der Waals surface area contributed by atoms with E-state index in [0.717, 1.165) is 43.3 Å². The third-order valence-electron chi connectivity index (χ3n) is 5.02. The lowest BCUT2D eigenvalue weighted by molar-refractivity contribution is -0.274. The summed E-state index contributed by atoms with van der Waals surface area (Å²) >= 11 is 1.02. The number of hydrogen-bond donors (Lipinski definition) is 3. The van der Waals surface area contributed by atoms with Gasteiger partial charge in [-0.1, -0.05) is 11.3 Å². The van der Waals surface area contributed by atoms with Gasteiger partial charge in [-0.25, -0.2) is 4.98 Å². The summed E-state index contributed by atoms with van der Waals surface area (Å²) in [7, 11) is 1.54. The number of alkyl halides is 3. The van der Waals surface area contributed by atoms with Crippen molar-refractivity contribution < 1.29 is 27.5 Å². The van der Waals surface area contributed by atoms with Crippen LogP contribution in [0.2, 0.25) is 0 Å². The molecule has 1 fully saturated rings. The molecule has 170 valence electrons. The lowest BCUT2D eigenvalue weighted by atomic mass is 9.90. The van der Waals surface area contributed by atoms with Gasteiger partial charge in [-0.05, 0) is 45.0 Å². The maximum Gasteiger partial charge on any atom is 0.573 e. The van der Waals surface area contributed by atoms with Crippen LogP contribution in [0.1, 0.15) is 19.8 Å². The lowest BCUT2D eigenvalue weighted by Gasteiger charge is -2.35. The van der Waals surface area contributed by atoms with Gasteiger partial charge in [-0.3, -0.25) is 9.59 Å². The number of thiazole rings is 1. The summed E-state index contributed by atoms with van der Waals surface area (Å²) in [5.41, 5.74) is 0.318. The summed E-state index contributed by atoms with van der Waals surface area (Å²) in [5.74, 6) is -1.02. The minimum atomic E-state index is -4.79. The number of carbonyl (C=O) groups excluding carboxylic acids is 2. The number of anilines is 1. The number of nitrogens with zero attached hydrogens (tertiary/aromatic N) is 2. The number of nitrogens with one attached hydrogen (secondary N) is 3. The van der Waals surface area contributed by atoms with Crippen molar-refractivity contribution in [1.29, 1.82) is 0 Å². The molecule has 8 nitrogen and oxygen atoms in total. The van der Waals surface area contributed by atoms with Gasteiger partial charge in [0, 0.05) is 18.7 Å². The van der Waals surface area contributed by atoms with Crippen LogP contribution in [-0.2, 0) is 9.59 Å². The average Bonchev–Trinajstić information content (AvgIpc) is 3.06. The first kappa shape index (κ1) is 23.2. The maximum absolute atomic E-state index is 12.4. The number of aromatic nitrogens is 1. The number of fused-ring (bicyclic) bond motifs is 1. The molecule has 1 aliphatic heterocycles. The minimum absolute atomic E-state index is 0.111. The van der Waals surface area contributed by atoms with Crippen molar-refractivity contribution in [3.63, 3.8) is 0 Å². The normalized spacial score (nSPS) is 16.2. The number of ether oxygens (including phenoxy) is 1. The first-order chi connectivity index (χ1) is 14.5. The van der Waals surface area contributed by atoms with Gasteiger partial charge >= 0.3 is 6.36 Å². The molecule has 1 saturated heterocycles. The molecule has 2 aromatic rings. The highest BCUT2D eigenvalue weighted by atomic mass is 32.1. The molecule has 12 heteroatoms. The predicted molar refractivity (Wildman–Crippen MR) is 111 cm³/mol. The highest BCUT2D eigenvalue weighted by Gasteiger charge is 2.31. The number of carbonyl (C=O) groups is 2. The number of amides is 2. The maximum atomic E-state index is 12.4. The van der Waals surface area contributed by atoms with Gasteiger partial charge in [0.05, 0.1) is 23.3 Å². The molecule has 0 atom stereocenters. The summed E-state index contributed by atoms with van der Waals surface area (Å²) in [6.45, 7) is 3.82. The van der Waals surface area contributed by atoms with Gasteiger partial charge in [0.15, 0.2) is 5.13 Å². The van der Waals surface area contributed by atoms with Gasteiger partial charge in [0.2, 0.25) is 11.8 Å². The Kier molecular flexibility index (Phi) is 7.02. The molecular weight excluding hydrogens is 435 g/mol. The van der Waals surface area contributed by atoms with Crippen LogP contribution in [-0.4, -0.2) is 66.8 Å². The van der Waals surface area contributed by atoms with E-state index in [-0.39, 0.29) is 35.4 Å². The topological polar surface area (TPSA) is 95.6 Å². The van der Waals surface area contributed by atoms with Gasteiger partial charge in [-0.15, -0.1) is 13.2 Å². The average molecular weight is 459 g/mol. The SMILES string of the molecule is CN(CC(=O)Nc1nc2ccc(OC(F)(F)F)cc2s1)C(=O)CNC1(C)CCNCC1. The predicted octanol–water partition coefficient (Wildman–Crippen LogP) is 2.32. The van der Waals surface area contributed by atoms with Crippen LogP contribution in [0, 0.1) is 0 Å². The van der Waals surface area contributed by atoms with E-state index in [4.69, 9.17) is 0 Å². The molecule has 0 saturated carbocycles. The van der Waals surface area contributed by atoms with E-state index in [1.165, 1.54) is 24.1 Å². The van der Waals surface area contributed by atoms with Crippen LogP contribution in [0.3, 0.4) is 0 Å². The Morgan fingerprint density at radius 1 is 1.32 bits per heavy atom. The minimum Gasteiger partial charge on any atom is -0.406 e. The van der Waals surface area contributed by atoms with Crippen LogP contribution >= 0.6 is 11.3 Å². The van der Waals surface area contributed by atoms with Crippen LogP contribution in [0.15, 0.2) is 18.2 Å². The fourth-order valence-corrected chi connectivity index (χ4v) is 4.11. The van der Waals surface area contributed by atoms with Crippen molar-refractivity contribution in [3.05, 3.63) is 18.2 Å². The van der Waals surface area contributed by atoms with E-state index in [0.29, 0.717) is 10.2 Å². The van der Waals surface area contributed by atoms with Gasteiger partial charge in [0.25, 0.3) is 0 Å². The van der Waals surface area contributed by atoms with Crippen molar-refractivity contribution in [2.24, 2.45) is 0 Å². The zero-order valence-corrected chi connectivity index (χ0v) is 18.0. The quantitative estimate of drug-likeness (QED) is 0.588. The van der Waals surface area contributed by atoms with E-state index in [1.54, 1.807) is 0 Å². The fourth-order valence-electron chi connectivity index (χ4n) is 3.20. The third kappa shape index (κ3) is 6.77. The standard InChI is InChI=1S/C19H24F3N5O3S/c1-18(5-7-23-8-6-18)24-10-16(29)27(2)11-15(28)26-17-25-13-4-3-12(9-14(13)31-17)30-19(20,21)22/h3-4,9,23-24H,5-8,10-11H2,1-2H3,(H,25,26,28). The van der Waals surface area contributed by atoms with Crippen LogP contribution in [0.25, 0.3) is 10.2 Å². The number of hydrogen-bond acceptors (Lipinski definition) is 7. The van der Waals surface area contributed by atoms with Crippen molar-refractivity contribution >= 4 is 38.5 Å². The molecule has 0 bridgehead atoms. The largest absolute Gasteiger partial charge is 0.573 e. The Bertz CT molecular complexity index is 944. The van der Waals surface area contributed by atoms with Crippen molar-refractivity contribution in [2.45, 2.75) is 31.7 Å². The first-order valence-corrected chi connectivity index (χ1v) is 10.5. The molecule has 3 N–H and O–H groups in total. The molecule has 0 radical (unpaired) electrons. The molecule has 1 aromatic carbocycles. The number of halogens is 3. The molecule has 0 spiro atoms. The zero-order valence-electron chi connectivity index (χ0n) is 17.1. The molecule has 3 rings (SSSR count). The number of rotatable bonds is 7. The molecule has 1 aromatic heterocycles. The Hall–Kier alpha value is -2.44. The third-order valence-corrected chi connectivity index (χ3v) is 5.95. The smallest absolute Gasteiger partial charge is 0.406 e. The Labute approximate surface area is 181 Å². The number of piperidine rings is 1. The van der Waals surface area contributed by atoms with Crippen molar-refractivity contribution in [2.75, 3.05) is 38.5 Å². The van der Waals surface area contributed by atoms with Crippen LogP contribution < -0.4 is 20.7 Å². The van der Waals surface area contributed by atoms with Gasteiger partial charge < -0.3 is 25.6 Å². The van der Waals surface area contributed by atoms with Gasteiger partial charge in [0.1, 0.15) is 5.75 Å². The van der Waals surface area contributed by atoms with E-state index < -0.39 is 12.3 Å². The van der Waals surface area contributed by atoms with E-state index in [9.17, 15) is 22.8 Å². The van der Waals surface area contributed by atoms with E-state index in [2.05, 4.69) is 32.6 Å². The van der Waals surface area contributed by atoms with Gasteiger partial charge in [-0.2, -0.15) is 0 Å². The number of likely N-dealkylation sites (N-methyl/N-ethyl adjacent to an activating group) is 1. The second-order valence-corrected chi connectivity index (χ2v) is 8.69. The lowest BCUT2D eigenvalue weighted by Crippen LogP contribution is -2.53. The molecule has 2 heterocycles. The molecule has 2 amide bonds. The Morgan fingerprint density at radius 2 is 2.03 bits per heavy atom. The second-order valence-electron chi connectivity index (χ2n) is 7.66. The molecule has 31 heavy (non-hydrogen) atoms. The summed E-state index contributed by atoms with van der Waals surface area (Å²) < 4.78 is 41.4. The highest BCUT2D eigenvalue weighted by Crippen LogP contribution is 2.31. The van der Waals surface area contributed by atoms with Crippen molar-refractivity contribution in [3.8, 4) is 5.75 Å².